The number of aromatic nitrogens is 2. The number of piperazine rings is 1. The molecule has 3 heterocycles. The van der Waals surface area contributed by atoms with E-state index >= 15 is 0 Å². The van der Waals surface area contributed by atoms with Crippen LogP contribution in [0.15, 0.2) is 60.8 Å². The topological polar surface area (TPSA) is 57.9 Å². The van der Waals surface area contributed by atoms with Gasteiger partial charge in [0, 0.05) is 38.1 Å². The van der Waals surface area contributed by atoms with Crippen LogP contribution >= 0.6 is 0 Å². The van der Waals surface area contributed by atoms with Gasteiger partial charge in [0.1, 0.15) is 6.29 Å². The fourth-order valence-corrected chi connectivity index (χ4v) is 3.41. The molecule has 0 N–H and O–H groups in total. The molecule has 0 aliphatic carbocycles. The average molecular weight is 360 g/mol. The van der Waals surface area contributed by atoms with Crippen molar-refractivity contribution in [3.63, 3.8) is 0 Å². The van der Waals surface area contributed by atoms with Crippen LogP contribution in [0.3, 0.4) is 0 Å². The molecular weight excluding hydrogens is 340 g/mol. The van der Waals surface area contributed by atoms with E-state index in [1.54, 1.807) is 4.52 Å². The van der Waals surface area contributed by atoms with E-state index in [1.807, 2.05) is 65.7 Å². The van der Waals surface area contributed by atoms with Gasteiger partial charge < -0.3 is 9.80 Å². The molecular formula is C21H20N4O2. The number of hydrogen-bond acceptors (Lipinski definition) is 4. The van der Waals surface area contributed by atoms with Crippen LogP contribution < -0.4 is 4.90 Å². The predicted molar refractivity (Wildman–Crippen MR) is 105 cm³/mol. The van der Waals surface area contributed by atoms with Gasteiger partial charge in [0.15, 0.2) is 5.69 Å². The summed E-state index contributed by atoms with van der Waals surface area (Å²) in [5.41, 5.74) is 3.47. The van der Waals surface area contributed by atoms with E-state index in [-0.39, 0.29) is 5.91 Å². The maximum absolute atomic E-state index is 12.8. The van der Waals surface area contributed by atoms with E-state index < -0.39 is 0 Å². The lowest BCUT2D eigenvalue weighted by Gasteiger charge is -2.36. The molecule has 1 saturated heterocycles. The number of allylic oxidation sites excluding steroid dienone is 1. The van der Waals surface area contributed by atoms with Gasteiger partial charge in [-0.05, 0) is 42.0 Å². The molecule has 136 valence electrons. The summed E-state index contributed by atoms with van der Waals surface area (Å²) >= 11 is 0. The number of rotatable bonds is 4. The first kappa shape index (κ1) is 17.0. The van der Waals surface area contributed by atoms with Crippen molar-refractivity contribution in [2.24, 2.45) is 0 Å². The van der Waals surface area contributed by atoms with E-state index in [2.05, 4.69) is 10.00 Å². The zero-order valence-electron chi connectivity index (χ0n) is 14.9. The lowest BCUT2D eigenvalue weighted by molar-refractivity contribution is -0.104. The van der Waals surface area contributed by atoms with Crippen molar-refractivity contribution in [1.82, 2.24) is 14.5 Å². The zero-order chi connectivity index (χ0) is 18.6. The molecule has 6 heteroatoms. The molecule has 1 fully saturated rings. The zero-order valence-corrected chi connectivity index (χ0v) is 14.9. The number of carbonyl (C=O) groups is 2. The van der Waals surface area contributed by atoms with Gasteiger partial charge in [0.25, 0.3) is 5.91 Å². The van der Waals surface area contributed by atoms with Gasteiger partial charge in [-0.3, -0.25) is 9.59 Å². The highest BCUT2D eigenvalue weighted by Gasteiger charge is 2.24. The van der Waals surface area contributed by atoms with Gasteiger partial charge in [0.2, 0.25) is 0 Å². The summed E-state index contributed by atoms with van der Waals surface area (Å²) in [6.45, 7) is 2.76. The Hall–Kier alpha value is -3.41. The molecule has 27 heavy (non-hydrogen) atoms. The lowest BCUT2D eigenvalue weighted by atomic mass is 10.1. The van der Waals surface area contributed by atoms with Crippen LogP contribution in [0.1, 0.15) is 16.1 Å². The summed E-state index contributed by atoms with van der Waals surface area (Å²) in [4.78, 5) is 27.5. The molecule has 1 aliphatic rings. The highest BCUT2D eigenvalue weighted by Crippen LogP contribution is 2.23. The van der Waals surface area contributed by atoms with Gasteiger partial charge in [-0.25, -0.2) is 4.52 Å². The van der Waals surface area contributed by atoms with Gasteiger partial charge in [-0.1, -0.05) is 24.3 Å². The van der Waals surface area contributed by atoms with Crippen LogP contribution in [0.2, 0.25) is 0 Å². The third kappa shape index (κ3) is 3.46. The fraction of sp³-hybridized carbons (Fsp3) is 0.190. The monoisotopic (exact) mass is 360 g/mol. The summed E-state index contributed by atoms with van der Waals surface area (Å²) in [5, 5.41) is 4.38. The third-order valence-corrected chi connectivity index (χ3v) is 4.79. The summed E-state index contributed by atoms with van der Waals surface area (Å²) in [5.74, 6) is -0.0347. The van der Waals surface area contributed by atoms with Crippen LogP contribution in [0.25, 0.3) is 11.6 Å². The van der Waals surface area contributed by atoms with Crippen molar-refractivity contribution in [2.45, 2.75) is 0 Å². The van der Waals surface area contributed by atoms with Gasteiger partial charge in [-0.2, -0.15) is 5.10 Å². The van der Waals surface area contributed by atoms with Gasteiger partial charge in [-0.15, -0.1) is 0 Å². The number of para-hydroxylation sites is 1. The van der Waals surface area contributed by atoms with E-state index in [4.69, 9.17) is 0 Å². The van der Waals surface area contributed by atoms with E-state index in [9.17, 15) is 9.59 Å². The minimum atomic E-state index is -0.0347. The Morgan fingerprint density at radius 2 is 1.78 bits per heavy atom. The van der Waals surface area contributed by atoms with E-state index in [1.165, 1.54) is 6.08 Å². The second-order valence-corrected chi connectivity index (χ2v) is 6.43. The third-order valence-electron chi connectivity index (χ3n) is 4.79. The van der Waals surface area contributed by atoms with Crippen molar-refractivity contribution in [3.05, 3.63) is 72.1 Å². The van der Waals surface area contributed by atoms with Crippen molar-refractivity contribution < 1.29 is 9.59 Å². The van der Waals surface area contributed by atoms with E-state index in [0.29, 0.717) is 18.8 Å². The lowest BCUT2D eigenvalue weighted by Crippen LogP contribution is -2.49. The Labute approximate surface area is 157 Å². The number of benzene rings is 1. The molecule has 0 spiro atoms. The Bertz CT molecular complexity index is 967. The van der Waals surface area contributed by atoms with Crippen LogP contribution in [-0.4, -0.2) is 52.9 Å². The molecule has 6 nitrogen and oxygen atoms in total. The molecule has 0 bridgehead atoms. The quantitative estimate of drug-likeness (QED) is 0.530. The van der Waals surface area contributed by atoms with Crippen molar-refractivity contribution in [1.29, 1.82) is 0 Å². The van der Waals surface area contributed by atoms with Crippen LogP contribution in [0.4, 0.5) is 5.69 Å². The molecule has 0 atom stereocenters. The van der Waals surface area contributed by atoms with Crippen LogP contribution in [0.5, 0.6) is 0 Å². The predicted octanol–water partition coefficient (Wildman–Crippen LogP) is 2.51. The Morgan fingerprint density at radius 3 is 2.56 bits per heavy atom. The molecule has 1 amide bonds. The molecule has 1 aliphatic heterocycles. The van der Waals surface area contributed by atoms with E-state index in [0.717, 1.165) is 36.1 Å². The minimum absolute atomic E-state index is 0.0347. The summed E-state index contributed by atoms with van der Waals surface area (Å²) in [7, 11) is 0. The van der Waals surface area contributed by atoms with Crippen LogP contribution in [-0.2, 0) is 4.79 Å². The first-order valence-electron chi connectivity index (χ1n) is 8.96. The molecule has 3 aromatic rings. The second kappa shape index (κ2) is 7.45. The standard InChI is InChI=1S/C21H20N4O2/c26-15-5-7-17-6-1-2-9-20(17)23-11-13-24(14-12-23)21(27)19-16-18-8-3-4-10-25(18)22-19/h1-10,15-16H,11-14H2/b7-5+. The van der Waals surface area contributed by atoms with Crippen molar-refractivity contribution in [2.75, 3.05) is 31.1 Å². The largest absolute Gasteiger partial charge is 0.367 e. The van der Waals surface area contributed by atoms with Crippen molar-refractivity contribution >= 4 is 29.5 Å². The molecule has 4 rings (SSSR count). The Kier molecular flexibility index (Phi) is 4.70. The smallest absolute Gasteiger partial charge is 0.274 e. The maximum Gasteiger partial charge on any atom is 0.274 e. The molecule has 0 unspecified atom stereocenters. The van der Waals surface area contributed by atoms with Gasteiger partial charge in [0.05, 0.1) is 5.52 Å². The van der Waals surface area contributed by atoms with Gasteiger partial charge >= 0.3 is 0 Å². The molecule has 1 aromatic carbocycles. The first-order chi connectivity index (χ1) is 13.3. The number of pyridine rings is 1. The second-order valence-electron chi connectivity index (χ2n) is 6.43. The minimum Gasteiger partial charge on any atom is -0.367 e. The number of amides is 1. The maximum atomic E-state index is 12.8. The number of anilines is 1. The number of aldehydes is 1. The first-order valence-corrected chi connectivity index (χ1v) is 8.96. The Morgan fingerprint density at radius 1 is 1.00 bits per heavy atom. The summed E-state index contributed by atoms with van der Waals surface area (Å²) in [6.07, 6.45) is 5.94. The highest BCUT2D eigenvalue weighted by atomic mass is 16.2. The number of nitrogens with zero attached hydrogens (tertiary/aromatic N) is 4. The SMILES string of the molecule is O=C/C=C/c1ccccc1N1CCN(C(=O)c2cc3ccccn3n2)CC1. The molecule has 0 radical (unpaired) electrons. The molecule has 0 saturated carbocycles. The summed E-state index contributed by atoms with van der Waals surface area (Å²) in [6, 6.07) is 15.6. The number of hydrogen-bond donors (Lipinski definition) is 0. The number of fused-ring (bicyclic) bond motifs is 1. The average Bonchev–Trinajstić information content (AvgIpc) is 3.16. The normalized spacial score (nSPS) is 14.8. The van der Waals surface area contributed by atoms with Crippen molar-refractivity contribution in [3.8, 4) is 0 Å². The van der Waals surface area contributed by atoms with Crippen LogP contribution in [0, 0.1) is 0 Å². The molecule has 2 aromatic heterocycles. The number of carbonyl (C=O) groups excluding carboxylic acids is 2. The highest BCUT2D eigenvalue weighted by molar-refractivity contribution is 5.93. The fourth-order valence-electron chi connectivity index (χ4n) is 3.41. The summed E-state index contributed by atoms with van der Waals surface area (Å²) < 4.78 is 1.72. The Balaban J connectivity index is 1.47.